The van der Waals surface area contributed by atoms with Gasteiger partial charge in [-0.15, -0.1) is 0 Å². The Morgan fingerprint density at radius 3 is 2.83 bits per heavy atom. The Labute approximate surface area is 169 Å². The van der Waals surface area contributed by atoms with E-state index in [4.69, 9.17) is 5.73 Å². The molecule has 30 heavy (non-hydrogen) atoms. The minimum absolute atomic E-state index is 0.282. The van der Waals surface area contributed by atoms with E-state index in [-0.39, 0.29) is 11.6 Å². The van der Waals surface area contributed by atoms with Crippen LogP contribution in [0.2, 0.25) is 0 Å². The number of rotatable bonds is 4. The summed E-state index contributed by atoms with van der Waals surface area (Å²) in [4.78, 5) is 17.8. The Kier molecular flexibility index (Phi) is 4.19. The number of anilines is 1. The zero-order chi connectivity index (χ0) is 20.8. The van der Waals surface area contributed by atoms with Crippen LogP contribution in [0.5, 0.6) is 0 Å². The molecule has 0 spiro atoms. The number of benzene rings is 1. The first-order valence-corrected chi connectivity index (χ1v) is 9.41. The summed E-state index contributed by atoms with van der Waals surface area (Å²) in [6, 6.07) is 5.03. The minimum Gasteiger partial charge on any atom is -0.366 e. The van der Waals surface area contributed by atoms with Crippen LogP contribution in [0.4, 0.5) is 14.6 Å². The van der Waals surface area contributed by atoms with E-state index in [1.54, 1.807) is 17.0 Å². The zero-order valence-corrected chi connectivity index (χ0v) is 15.7. The van der Waals surface area contributed by atoms with Crippen molar-refractivity contribution in [3.63, 3.8) is 0 Å². The highest BCUT2D eigenvalue weighted by Crippen LogP contribution is 2.37. The van der Waals surface area contributed by atoms with Gasteiger partial charge < -0.3 is 10.6 Å². The second-order valence-electron chi connectivity index (χ2n) is 7.16. The van der Waals surface area contributed by atoms with Gasteiger partial charge in [0.25, 0.3) is 5.91 Å². The van der Waals surface area contributed by atoms with Gasteiger partial charge in [0.2, 0.25) is 0 Å². The van der Waals surface area contributed by atoms with Crippen LogP contribution in [0.1, 0.15) is 34.8 Å². The first-order valence-electron chi connectivity index (χ1n) is 9.41. The van der Waals surface area contributed by atoms with Gasteiger partial charge in [-0.1, -0.05) is 0 Å². The fourth-order valence-corrected chi connectivity index (χ4v) is 3.92. The molecule has 2 N–H and O–H groups in total. The number of hydrogen-bond donors (Lipinski definition) is 1. The van der Waals surface area contributed by atoms with Crippen LogP contribution in [0.25, 0.3) is 11.2 Å². The molecule has 0 unspecified atom stereocenters. The molecule has 0 bridgehead atoms. The van der Waals surface area contributed by atoms with Crippen molar-refractivity contribution in [1.29, 1.82) is 0 Å². The van der Waals surface area contributed by atoms with E-state index >= 15 is 0 Å². The Bertz CT molecular complexity index is 1270. The fourth-order valence-electron chi connectivity index (χ4n) is 3.92. The van der Waals surface area contributed by atoms with Crippen LogP contribution < -0.4 is 10.6 Å². The maximum atomic E-state index is 14.4. The Hall–Kier alpha value is -3.82. The maximum Gasteiger partial charge on any atom is 0.251 e. The molecule has 1 aliphatic rings. The van der Waals surface area contributed by atoms with Gasteiger partial charge in [-0.25, -0.2) is 23.0 Å². The van der Waals surface area contributed by atoms with Crippen molar-refractivity contribution in [2.24, 2.45) is 5.73 Å². The van der Waals surface area contributed by atoms with E-state index < -0.39 is 17.5 Å². The molecule has 4 heterocycles. The third-order valence-electron chi connectivity index (χ3n) is 5.36. The molecule has 10 heteroatoms. The van der Waals surface area contributed by atoms with Crippen molar-refractivity contribution in [1.82, 2.24) is 24.4 Å². The molecule has 0 aliphatic carbocycles. The molecule has 4 aromatic rings. The molecule has 8 nitrogen and oxygen atoms in total. The lowest BCUT2D eigenvalue weighted by molar-refractivity contribution is 0.100. The molecule has 152 valence electrons. The molecule has 1 saturated heterocycles. The number of carbonyl (C=O) groups excluding carboxylic acids is 1. The van der Waals surface area contributed by atoms with Gasteiger partial charge in [-0.05, 0) is 31.0 Å². The van der Waals surface area contributed by atoms with E-state index in [0.29, 0.717) is 35.6 Å². The summed E-state index contributed by atoms with van der Waals surface area (Å²) in [5.41, 5.74) is 7.25. The summed E-state index contributed by atoms with van der Waals surface area (Å²) in [6.07, 6.45) is 7.61. The number of nitrogens with two attached hydrogens (primary N) is 1. The molecular formula is C20H17F2N7O. The van der Waals surface area contributed by atoms with Gasteiger partial charge in [0.15, 0.2) is 0 Å². The summed E-state index contributed by atoms with van der Waals surface area (Å²) in [5.74, 6) is -0.853. The lowest BCUT2D eigenvalue weighted by atomic mass is 10.0. The molecule has 1 aliphatic heterocycles. The number of carbonyl (C=O) groups is 1. The van der Waals surface area contributed by atoms with Crippen LogP contribution in [-0.2, 0) is 0 Å². The number of halogens is 2. The molecule has 3 aromatic heterocycles. The van der Waals surface area contributed by atoms with Gasteiger partial charge in [-0.2, -0.15) is 10.2 Å². The van der Waals surface area contributed by atoms with Gasteiger partial charge in [0, 0.05) is 24.4 Å². The van der Waals surface area contributed by atoms with Crippen LogP contribution in [0.15, 0.2) is 49.2 Å². The summed E-state index contributed by atoms with van der Waals surface area (Å²) in [5, 5.41) is 8.45. The van der Waals surface area contributed by atoms with Crippen LogP contribution >= 0.6 is 0 Å². The van der Waals surface area contributed by atoms with Crippen molar-refractivity contribution in [3.05, 3.63) is 71.9 Å². The molecule has 0 saturated carbocycles. The quantitative estimate of drug-likeness (QED) is 0.559. The molecular weight excluding hydrogens is 392 g/mol. The van der Waals surface area contributed by atoms with Gasteiger partial charge in [0.05, 0.1) is 29.5 Å². The maximum absolute atomic E-state index is 14.4. The monoisotopic (exact) mass is 409 g/mol. The summed E-state index contributed by atoms with van der Waals surface area (Å²) < 4.78 is 31.2. The topological polar surface area (TPSA) is 94.3 Å². The van der Waals surface area contributed by atoms with E-state index in [1.165, 1.54) is 23.1 Å². The SMILES string of the molecule is NC(=O)c1cnn(-c2cnn3cnc(N4CCC[C@@H]4c4cc(F)ccc4F)cc23)c1. The molecule has 1 amide bonds. The first-order chi connectivity index (χ1) is 14.5. The molecule has 1 aromatic carbocycles. The third kappa shape index (κ3) is 2.97. The molecule has 1 atom stereocenters. The minimum atomic E-state index is -0.572. The van der Waals surface area contributed by atoms with E-state index in [1.807, 2.05) is 11.0 Å². The Morgan fingerprint density at radius 2 is 2.03 bits per heavy atom. The van der Waals surface area contributed by atoms with Crippen molar-refractivity contribution in [2.45, 2.75) is 18.9 Å². The second kappa shape index (κ2) is 6.90. The predicted molar refractivity (Wildman–Crippen MR) is 104 cm³/mol. The Balaban J connectivity index is 1.56. The van der Waals surface area contributed by atoms with Crippen LogP contribution in [0.3, 0.4) is 0 Å². The number of fused-ring (bicyclic) bond motifs is 1. The highest BCUT2D eigenvalue weighted by molar-refractivity contribution is 5.92. The van der Waals surface area contributed by atoms with E-state index in [9.17, 15) is 13.6 Å². The standard InChI is InChI=1S/C20H17F2N7O/c21-13-3-4-15(22)14(6-13)16-2-1-5-27(16)19-7-17-18(9-26-29(17)11-24-19)28-10-12(8-25-28)20(23)30/h3-4,6-11,16H,1-2,5H2,(H2,23,30)/t16-/m1/s1. The first kappa shape index (κ1) is 18.2. The summed E-state index contributed by atoms with van der Waals surface area (Å²) >= 11 is 0. The normalized spacial score (nSPS) is 16.5. The number of amides is 1. The van der Waals surface area contributed by atoms with Crippen molar-refractivity contribution < 1.29 is 13.6 Å². The average molecular weight is 409 g/mol. The lowest BCUT2D eigenvalue weighted by Crippen LogP contribution is -2.24. The number of hydrogen-bond acceptors (Lipinski definition) is 5. The van der Waals surface area contributed by atoms with Crippen molar-refractivity contribution in [2.75, 3.05) is 11.4 Å². The van der Waals surface area contributed by atoms with Gasteiger partial charge in [-0.3, -0.25) is 4.79 Å². The van der Waals surface area contributed by atoms with Crippen LogP contribution in [-0.4, -0.2) is 36.8 Å². The molecule has 0 radical (unpaired) electrons. The van der Waals surface area contributed by atoms with E-state index in [0.717, 1.165) is 18.6 Å². The summed E-state index contributed by atoms with van der Waals surface area (Å²) in [7, 11) is 0. The lowest BCUT2D eigenvalue weighted by Gasteiger charge is -2.26. The second-order valence-corrected chi connectivity index (χ2v) is 7.16. The summed E-state index contributed by atoms with van der Waals surface area (Å²) in [6.45, 7) is 0.668. The number of primary amides is 1. The smallest absolute Gasteiger partial charge is 0.251 e. The predicted octanol–water partition coefficient (Wildman–Crippen LogP) is 2.63. The van der Waals surface area contributed by atoms with E-state index in [2.05, 4.69) is 15.2 Å². The molecule has 5 rings (SSSR count). The third-order valence-corrected chi connectivity index (χ3v) is 5.36. The van der Waals surface area contributed by atoms with Crippen molar-refractivity contribution >= 4 is 17.2 Å². The van der Waals surface area contributed by atoms with Crippen LogP contribution in [0, 0.1) is 11.6 Å². The van der Waals surface area contributed by atoms with Crippen molar-refractivity contribution in [3.8, 4) is 5.69 Å². The largest absolute Gasteiger partial charge is 0.366 e. The highest BCUT2D eigenvalue weighted by Gasteiger charge is 2.30. The van der Waals surface area contributed by atoms with Gasteiger partial charge in [0.1, 0.15) is 29.5 Å². The highest BCUT2D eigenvalue weighted by atomic mass is 19.1. The number of nitrogens with zero attached hydrogens (tertiary/aromatic N) is 6. The average Bonchev–Trinajstić information content (AvgIpc) is 3.47. The zero-order valence-electron chi connectivity index (χ0n) is 15.7. The Morgan fingerprint density at radius 1 is 1.17 bits per heavy atom. The fraction of sp³-hybridized carbons (Fsp3) is 0.200. The number of aromatic nitrogens is 5. The van der Waals surface area contributed by atoms with Gasteiger partial charge >= 0.3 is 0 Å². The molecule has 1 fully saturated rings.